The number of hydrogen-bond acceptors (Lipinski definition) is 7. The number of ether oxygens (including phenoxy) is 2. The summed E-state index contributed by atoms with van der Waals surface area (Å²) in [5, 5.41) is 9.78. The highest BCUT2D eigenvalue weighted by atomic mass is 16.5. The number of aliphatic hydroxyl groups excluding tert-OH is 1. The summed E-state index contributed by atoms with van der Waals surface area (Å²) in [5.74, 6) is -0.262. The molecule has 1 fully saturated rings. The lowest BCUT2D eigenvalue weighted by Gasteiger charge is -2.32. The maximum Gasteiger partial charge on any atom is 0.347 e. The Balaban J connectivity index is 1.64. The Morgan fingerprint density at radius 1 is 1.43 bits per heavy atom. The van der Waals surface area contributed by atoms with Crippen LogP contribution in [0.25, 0.3) is 17.1 Å². The van der Waals surface area contributed by atoms with Crippen molar-refractivity contribution < 1.29 is 24.2 Å². The molecule has 2 aliphatic rings. The number of likely N-dealkylation sites (tertiary alicyclic amines) is 1. The highest BCUT2D eigenvalue weighted by molar-refractivity contribution is 6.26. The predicted molar refractivity (Wildman–Crippen MR) is 110 cm³/mol. The maximum absolute atomic E-state index is 13.1. The van der Waals surface area contributed by atoms with Crippen molar-refractivity contribution in [2.75, 3.05) is 26.3 Å². The van der Waals surface area contributed by atoms with E-state index in [0.717, 1.165) is 23.8 Å². The van der Waals surface area contributed by atoms with Gasteiger partial charge < -0.3 is 24.5 Å². The van der Waals surface area contributed by atoms with Crippen LogP contribution in [0.15, 0.2) is 41.7 Å². The van der Waals surface area contributed by atoms with Gasteiger partial charge in [-0.05, 0) is 37.0 Å². The van der Waals surface area contributed by atoms with Gasteiger partial charge in [-0.2, -0.15) is 0 Å². The third-order valence-corrected chi connectivity index (χ3v) is 5.45. The number of Topliss-reactive ketones (excluding diaryl/α,β-unsaturated/α-hetero) is 1. The van der Waals surface area contributed by atoms with Crippen molar-refractivity contribution in [1.82, 2.24) is 14.9 Å². The molecule has 158 valence electrons. The van der Waals surface area contributed by atoms with Gasteiger partial charge in [-0.15, -0.1) is 0 Å². The van der Waals surface area contributed by atoms with E-state index in [1.54, 1.807) is 18.5 Å². The zero-order valence-electron chi connectivity index (χ0n) is 16.9. The lowest BCUT2D eigenvalue weighted by molar-refractivity contribution is -0.140. The van der Waals surface area contributed by atoms with E-state index in [1.165, 1.54) is 0 Å². The molecule has 0 atom stereocenters. The van der Waals surface area contributed by atoms with Gasteiger partial charge in [0.05, 0.1) is 6.61 Å². The van der Waals surface area contributed by atoms with Crippen LogP contribution in [0.3, 0.4) is 0 Å². The van der Waals surface area contributed by atoms with Crippen LogP contribution in [0.4, 0.5) is 0 Å². The van der Waals surface area contributed by atoms with Crippen LogP contribution in [0, 0.1) is 5.92 Å². The first kappa shape index (κ1) is 20.2. The van der Waals surface area contributed by atoms with Gasteiger partial charge in [-0.25, -0.2) is 9.78 Å². The topological polar surface area (TPSA) is 105 Å². The molecule has 4 rings (SSSR count). The molecule has 0 bridgehead atoms. The number of aromatic amines is 1. The first-order chi connectivity index (χ1) is 14.6. The number of fused-ring (bicyclic) bond motifs is 1. The second-order valence-corrected chi connectivity index (χ2v) is 7.65. The molecule has 4 heterocycles. The smallest absolute Gasteiger partial charge is 0.347 e. The molecule has 0 aromatic carbocycles. The number of nitrogens with one attached hydrogen (secondary N) is 1. The quantitative estimate of drug-likeness (QED) is 0.325. The summed E-state index contributed by atoms with van der Waals surface area (Å²) < 4.78 is 11.1. The molecule has 8 heteroatoms. The Morgan fingerprint density at radius 3 is 3.00 bits per heavy atom. The van der Waals surface area contributed by atoms with E-state index in [9.17, 15) is 9.59 Å². The Labute approximate surface area is 174 Å². The number of pyridine rings is 1. The molecule has 30 heavy (non-hydrogen) atoms. The monoisotopic (exact) mass is 411 g/mol. The van der Waals surface area contributed by atoms with E-state index in [2.05, 4.69) is 16.9 Å². The number of hydrogen-bond donors (Lipinski definition) is 2. The molecule has 2 aliphatic heterocycles. The van der Waals surface area contributed by atoms with Crippen LogP contribution in [0.1, 0.15) is 31.7 Å². The van der Waals surface area contributed by atoms with Crippen molar-refractivity contribution in [3.8, 4) is 0 Å². The minimum Gasteiger partial charge on any atom is -0.462 e. The van der Waals surface area contributed by atoms with Gasteiger partial charge in [0.15, 0.2) is 11.3 Å². The Hall–Kier alpha value is -3.13. The fraction of sp³-hybridized carbons (Fsp3) is 0.409. The van der Waals surface area contributed by atoms with E-state index < -0.39 is 11.8 Å². The number of H-pyrrole nitrogens is 1. The molecule has 2 aromatic rings. The predicted octanol–water partition coefficient (Wildman–Crippen LogP) is 2.37. The standard InChI is InChI=1S/C22H25N3O5/c1-14-5-8-25(9-6-14)21-18(22(28)29-11-3-10-26)19(27)17(30-21)12-15-13-24-20-16(15)4-2-7-23-20/h2,4,7,12-14,26H,3,5-6,8-11H2,1H3,(H,23,24)/b17-12-. The van der Waals surface area contributed by atoms with Crippen molar-refractivity contribution in [1.29, 1.82) is 0 Å². The second kappa shape index (κ2) is 8.71. The van der Waals surface area contributed by atoms with Crippen molar-refractivity contribution in [2.24, 2.45) is 5.92 Å². The molecule has 0 spiro atoms. The zero-order chi connectivity index (χ0) is 21.1. The van der Waals surface area contributed by atoms with Gasteiger partial charge in [0, 0.05) is 49.5 Å². The molecule has 0 saturated carbocycles. The fourth-order valence-corrected chi connectivity index (χ4v) is 3.67. The number of nitrogens with zero attached hydrogens (tertiary/aromatic N) is 2. The van der Waals surface area contributed by atoms with Crippen molar-refractivity contribution in [3.05, 3.63) is 47.3 Å². The largest absolute Gasteiger partial charge is 0.462 e. The highest BCUT2D eigenvalue weighted by Crippen LogP contribution is 2.33. The van der Waals surface area contributed by atoms with Crippen LogP contribution >= 0.6 is 0 Å². The van der Waals surface area contributed by atoms with Crippen LogP contribution in [0.2, 0.25) is 0 Å². The molecule has 8 nitrogen and oxygen atoms in total. The number of carbonyl (C=O) groups is 2. The Kier molecular flexibility index (Phi) is 5.85. The van der Waals surface area contributed by atoms with Gasteiger partial charge in [-0.3, -0.25) is 4.79 Å². The molecule has 0 aliphatic carbocycles. The molecule has 2 N–H and O–H groups in total. The van der Waals surface area contributed by atoms with Gasteiger partial charge in [0.2, 0.25) is 11.7 Å². The number of aromatic nitrogens is 2. The summed E-state index contributed by atoms with van der Waals surface area (Å²) in [6, 6.07) is 3.72. The van der Waals surface area contributed by atoms with Gasteiger partial charge in [0.25, 0.3) is 0 Å². The lowest BCUT2D eigenvalue weighted by Crippen LogP contribution is -2.33. The number of piperidine rings is 1. The van der Waals surface area contributed by atoms with Crippen LogP contribution in [0.5, 0.6) is 0 Å². The minimum absolute atomic E-state index is 0.0452. The average Bonchev–Trinajstić information content (AvgIpc) is 3.30. The molecule has 2 aromatic heterocycles. The average molecular weight is 411 g/mol. The van der Waals surface area contributed by atoms with E-state index in [0.29, 0.717) is 31.1 Å². The SMILES string of the molecule is CC1CCN(C2=C(C(=O)OCCCO)C(=O)/C(=C/c3c[nH]c4ncccc34)O2)CC1. The third-order valence-electron chi connectivity index (χ3n) is 5.45. The fourth-order valence-electron chi connectivity index (χ4n) is 3.67. The van der Waals surface area contributed by atoms with Gasteiger partial charge in [0.1, 0.15) is 5.65 Å². The second-order valence-electron chi connectivity index (χ2n) is 7.65. The summed E-state index contributed by atoms with van der Waals surface area (Å²) in [6.07, 6.45) is 7.30. The summed E-state index contributed by atoms with van der Waals surface area (Å²) in [4.78, 5) is 35.0. The summed E-state index contributed by atoms with van der Waals surface area (Å²) in [5.41, 5.74) is 1.38. The molecular weight excluding hydrogens is 386 g/mol. The van der Waals surface area contributed by atoms with E-state index in [4.69, 9.17) is 14.6 Å². The first-order valence-electron chi connectivity index (χ1n) is 10.2. The Morgan fingerprint density at radius 2 is 2.23 bits per heavy atom. The molecule has 0 amide bonds. The first-order valence-corrected chi connectivity index (χ1v) is 10.2. The summed E-state index contributed by atoms with van der Waals surface area (Å²) >= 11 is 0. The van der Waals surface area contributed by atoms with E-state index in [1.807, 2.05) is 17.0 Å². The Bertz CT molecular complexity index is 1010. The van der Waals surface area contributed by atoms with Gasteiger partial charge in [-0.1, -0.05) is 6.92 Å². The molecule has 1 saturated heterocycles. The van der Waals surface area contributed by atoms with Crippen molar-refractivity contribution in [2.45, 2.75) is 26.2 Å². The molecular formula is C22H25N3O5. The number of aliphatic hydroxyl groups is 1. The number of allylic oxidation sites excluding steroid dienone is 1. The number of ketones is 1. The van der Waals surface area contributed by atoms with Crippen molar-refractivity contribution >= 4 is 28.9 Å². The highest BCUT2D eigenvalue weighted by Gasteiger charge is 2.40. The molecule has 0 unspecified atom stereocenters. The van der Waals surface area contributed by atoms with E-state index in [-0.39, 0.29) is 30.4 Å². The lowest BCUT2D eigenvalue weighted by atomic mass is 9.99. The summed E-state index contributed by atoms with van der Waals surface area (Å²) in [6.45, 7) is 3.56. The number of rotatable bonds is 6. The summed E-state index contributed by atoms with van der Waals surface area (Å²) in [7, 11) is 0. The van der Waals surface area contributed by atoms with Crippen LogP contribution in [-0.2, 0) is 19.1 Å². The number of esters is 1. The normalized spacial score (nSPS) is 19.1. The number of carbonyl (C=O) groups excluding carboxylic acids is 2. The van der Waals surface area contributed by atoms with Crippen LogP contribution in [-0.4, -0.2) is 58.0 Å². The third kappa shape index (κ3) is 3.95. The molecule has 0 radical (unpaired) electrons. The van der Waals surface area contributed by atoms with Gasteiger partial charge >= 0.3 is 5.97 Å². The van der Waals surface area contributed by atoms with E-state index >= 15 is 0 Å². The minimum atomic E-state index is -0.717. The zero-order valence-corrected chi connectivity index (χ0v) is 16.9. The van der Waals surface area contributed by atoms with Crippen LogP contribution < -0.4 is 0 Å². The van der Waals surface area contributed by atoms with Crippen molar-refractivity contribution in [3.63, 3.8) is 0 Å². The maximum atomic E-state index is 13.1.